The zero-order valence-electron chi connectivity index (χ0n) is 18.0. The van der Waals surface area contributed by atoms with Gasteiger partial charge in [0, 0.05) is 16.0 Å². The van der Waals surface area contributed by atoms with E-state index in [1.54, 1.807) is 23.3 Å². The van der Waals surface area contributed by atoms with E-state index in [-0.39, 0.29) is 24.6 Å². The second kappa shape index (κ2) is 8.55. The summed E-state index contributed by atoms with van der Waals surface area (Å²) in [4.78, 5) is 36.1. The summed E-state index contributed by atoms with van der Waals surface area (Å²) >= 11 is 1.60. The minimum Gasteiger partial charge on any atom is -0.337 e. The standard InChI is InChI=1S/C23H20N6O3S/c1-14-25-20(32-27-14)12-28-13-24-21-17-8-3-4-9-18(17)29(22(21)23(28)31)11-19(30)26-15-6-5-7-16(10-15)33-2/h3-10,13H,11-12H2,1-2H3,(H,26,30). The number of para-hydroxylation sites is 1. The summed E-state index contributed by atoms with van der Waals surface area (Å²) in [5.41, 5.74) is 2.07. The van der Waals surface area contributed by atoms with E-state index >= 15 is 0 Å². The summed E-state index contributed by atoms with van der Waals surface area (Å²) in [6.45, 7) is 1.77. The number of aryl methyl sites for hydroxylation is 1. The highest BCUT2D eigenvalue weighted by atomic mass is 32.2. The third-order valence-corrected chi connectivity index (χ3v) is 5.99. The molecule has 5 aromatic rings. The number of carbonyl (C=O) groups excluding carboxylic acids is 1. The van der Waals surface area contributed by atoms with Crippen LogP contribution >= 0.6 is 11.8 Å². The lowest BCUT2D eigenvalue weighted by molar-refractivity contribution is -0.116. The molecule has 3 heterocycles. The maximum Gasteiger partial charge on any atom is 0.278 e. The molecule has 0 aliphatic carbocycles. The van der Waals surface area contributed by atoms with Crippen molar-refractivity contribution in [2.24, 2.45) is 0 Å². The van der Waals surface area contributed by atoms with Gasteiger partial charge in [-0.3, -0.25) is 14.2 Å². The molecule has 0 fully saturated rings. The molecule has 0 atom stereocenters. The van der Waals surface area contributed by atoms with Gasteiger partial charge in [0.05, 0.1) is 11.8 Å². The molecule has 10 heteroatoms. The van der Waals surface area contributed by atoms with E-state index in [1.165, 1.54) is 10.9 Å². The number of hydrogen-bond acceptors (Lipinski definition) is 7. The first kappa shape index (κ1) is 21.0. The van der Waals surface area contributed by atoms with E-state index in [0.717, 1.165) is 15.8 Å². The lowest BCUT2D eigenvalue weighted by Crippen LogP contribution is -2.25. The third kappa shape index (κ3) is 4.00. The second-order valence-electron chi connectivity index (χ2n) is 7.49. The molecular formula is C23H20N6O3S. The van der Waals surface area contributed by atoms with E-state index in [0.29, 0.717) is 28.4 Å². The Balaban J connectivity index is 1.56. The smallest absolute Gasteiger partial charge is 0.278 e. The van der Waals surface area contributed by atoms with Crippen molar-refractivity contribution in [3.8, 4) is 0 Å². The van der Waals surface area contributed by atoms with Crippen molar-refractivity contribution >= 4 is 45.3 Å². The van der Waals surface area contributed by atoms with Crippen molar-refractivity contribution < 1.29 is 9.32 Å². The Kier molecular flexibility index (Phi) is 5.43. The van der Waals surface area contributed by atoms with E-state index in [4.69, 9.17) is 4.52 Å². The summed E-state index contributed by atoms with van der Waals surface area (Å²) in [6.07, 6.45) is 3.45. The van der Waals surface area contributed by atoms with Gasteiger partial charge in [0.15, 0.2) is 5.82 Å². The van der Waals surface area contributed by atoms with Crippen LogP contribution in [0, 0.1) is 6.92 Å². The van der Waals surface area contributed by atoms with Crippen molar-refractivity contribution in [3.63, 3.8) is 0 Å². The monoisotopic (exact) mass is 460 g/mol. The van der Waals surface area contributed by atoms with E-state index in [9.17, 15) is 9.59 Å². The van der Waals surface area contributed by atoms with Crippen LogP contribution in [0.5, 0.6) is 0 Å². The predicted octanol–water partition coefficient (Wildman–Crippen LogP) is 3.45. The van der Waals surface area contributed by atoms with Gasteiger partial charge in [0.2, 0.25) is 11.8 Å². The van der Waals surface area contributed by atoms with Crippen LogP contribution in [-0.2, 0) is 17.9 Å². The van der Waals surface area contributed by atoms with Crippen LogP contribution in [0.3, 0.4) is 0 Å². The highest BCUT2D eigenvalue weighted by Crippen LogP contribution is 2.25. The molecule has 1 N–H and O–H groups in total. The van der Waals surface area contributed by atoms with Crippen LogP contribution in [0.25, 0.3) is 21.9 Å². The van der Waals surface area contributed by atoms with Gasteiger partial charge in [-0.1, -0.05) is 29.4 Å². The molecule has 9 nitrogen and oxygen atoms in total. The minimum absolute atomic E-state index is 0.0336. The molecule has 33 heavy (non-hydrogen) atoms. The van der Waals surface area contributed by atoms with E-state index < -0.39 is 0 Å². The van der Waals surface area contributed by atoms with Crippen LogP contribution in [0.2, 0.25) is 0 Å². The molecule has 0 saturated carbocycles. The summed E-state index contributed by atoms with van der Waals surface area (Å²) in [5, 5.41) is 7.50. The Morgan fingerprint density at radius 3 is 2.82 bits per heavy atom. The minimum atomic E-state index is -0.288. The van der Waals surface area contributed by atoms with Crippen molar-refractivity contribution in [1.29, 1.82) is 0 Å². The first-order valence-electron chi connectivity index (χ1n) is 10.2. The predicted molar refractivity (Wildman–Crippen MR) is 126 cm³/mol. The van der Waals surface area contributed by atoms with Crippen LogP contribution < -0.4 is 10.9 Å². The maximum absolute atomic E-state index is 13.4. The van der Waals surface area contributed by atoms with Crippen LogP contribution in [0.15, 0.2) is 69.1 Å². The Labute approximate surface area is 192 Å². The first-order chi connectivity index (χ1) is 16.0. The number of fused-ring (bicyclic) bond motifs is 3. The summed E-state index contributed by atoms with van der Waals surface area (Å²) in [5.74, 6) is 0.562. The number of hydrogen-bond donors (Lipinski definition) is 1. The van der Waals surface area contributed by atoms with Gasteiger partial charge < -0.3 is 14.4 Å². The molecule has 1 amide bonds. The highest BCUT2D eigenvalue weighted by Gasteiger charge is 2.19. The van der Waals surface area contributed by atoms with Crippen LogP contribution in [0.1, 0.15) is 11.7 Å². The number of carbonyl (C=O) groups is 1. The fourth-order valence-corrected chi connectivity index (χ4v) is 4.28. The van der Waals surface area contributed by atoms with Gasteiger partial charge in [-0.25, -0.2) is 4.98 Å². The largest absolute Gasteiger partial charge is 0.337 e. The van der Waals surface area contributed by atoms with Gasteiger partial charge in [-0.05, 0) is 37.4 Å². The van der Waals surface area contributed by atoms with Gasteiger partial charge in [-0.2, -0.15) is 4.98 Å². The zero-order chi connectivity index (χ0) is 22.9. The topological polar surface area (TPSA) is 108 Å². The molecule has 5 rings (SSSR count). The molecule has 0 aliphatic rings. The first-order valence-corrected chi connectivity index (χ1v) is 11.5. The fourth-order valence-electron chi connectivity index (χ4n) is 3.82. The maximum atomic E-state index is 13.4. The Morgan fingerprint density at radius 2 is 2.03 bits per heavy atom. The van der Waals surface area contributed by atoms with Gasteiger partial charge >= 0.3 is 0 Å². The van der Waals surface area contributed by atoms with Crippen molar-refractivity contribution in [2.75, 3.05) is 11.6 Å². The molecular weight excluding hydrogens is 440 g/mol. The van der Waals surface area contributed by atoms with Crippen molar-refractivity contribution in [3.05, 3.63) is 76.9 Å². The summed E-state index contributed by atoms with van der Waals surface area (Å²) in [6, 6.07) is 15.2. The quantitative estimate of drug-likeness (QED) is 0.387. The third-order valence-electron chi connectivity index (χ3n) is 5.26. The lowest BCUT2D eigenvalue weighted by atomic mass is 10.2. The summed E-state index contributed by atoms with van der Waals surface area (Å²) in [7, 11) is 0. The number of anilines is 1. The molecule has 0 unspecified atom stereocenters. The molecule has 0 saturated heterocycles. The Hall–Kier alpha value is -3.92. The second-order valence-corrected chi connectivity index (χ2v) is 8.37. The van der Waals surface area contributed by atoms with Gasteiger partial charge in [0.25, 0.3) is 5.56 Å². The van der Waals surface area contributed by atoms with Crippen LogP contribution in [-0.4, -0.2) is 36.4 Å². The average molecular weight is 461 g/mol. The number of rotatable bonds is 6. The molecule has 0 bridgehead atoms. The number of nitrogens with zero attached hydrogens (tertiary/aromatic N) is 5. The van der Waals surface area contributed by atoms with Crippen molar-refractivity contribution in [2.45, 2.75) is 24.9 Å². The Morgan fingerprint density at radius 1 is 1.18 bits per heavy atom. The zero-order valence-corrected chi connectivity index (χ0v) is 18.8. The SMILES string of the molecule is CSc1cccc(NC(=O)Cn2c3ccccc3c3ncn(Cc4nc(C)no4)c(=O)c32)c1. The fraction of sp³-hybridized carbons (Fsp3) is 0.174. The number of thioether (sulfide) groups is 1. The number of amides is 1. The van der Waals surface area contributed by atoms with Crippen molar-refractivity contribution in [1.82, 2.24) is 24.3 Å². The average Bonchev–Trinajstić information content (AvgIpc) is 3.37. The van der Waals surface area contributed by atoms with Gasteiger partial charge in [-0.15, -0.1) is 11.8 Å². The lowest BCUT2D eigenvalue weighted by Gasteiger charge is -2.10. The highest BCUT2D eigenvalue weighted by molar-refractivity contribution is 7.98. The summed E-state index contributed by atoms with van der Waals surface area (Å²) < 4.78 is 8.27. The molecule has 0 spiro atoms. The molecule has 0 radical (unpaired) electrons. The molecule has 3 aromatic heterocycles. The van der Waals surface area contributed by atoms with Crippen LogP contribution in [0.4, 0.5) is 5.69 Å². The Bertz CT molecular complexity index is 1550. The van der Waals surface area contributed by atoms with E-state index in [2.05, 4.69) is 20.4 Å². The normalized spacial score (nSPS) is 11.3. The number of benzene rings is 2. The molecule has 2 aromatic carbocycles. The number of nitrogens with one attached hydrogen (secondary N) is 1. The van der Waals surface area contributed by atoms with Gasteiger partial charge in [0.1, 0.15) is 24.1 Å². The number of aromatic nitrogens is 5. The van der Waals surface area contributed by atoms with E-state index in [1.807, 2.05) is 54.8 Å². The molecule has 0 aliphatic heterocycles. The molecule has 166 valence electrons.